The van der Waals surface area contributed by atoms with Crippen LogP contribution in [0.3, 0.4) is 0 Å². The second-order valence-electron chi connectivity index (χ2n) is 8.84. The zero-order chi connectivity index (χ0) is 22.8. The van der Waals surface area contributed by atoms with E-state index in [2.05, 4.69) is 11.9 Å². The summed E-state index contributed by atoms with van der Waals surface area (Å²) < 4.78 is 11.0. The van der Waals surface area contributed by atoms with Gasteiger partial charge in [0, 0.05) is 18.9 Å². The molecule has 32 heavy (non-hydrogen) atoms. The maximum absolute atomic E-state index is 11.8. The first kappa shape index (κ1) is 24.3. The average Bonchev–Trinajstić information content (AvgIpc) is 2.80. The van der Waals surface area contributed by atoms with E-state index in [1.807, 2.05) is 61.5 Å². The third kappa shape index (κ3) is 6.81. The minimum absolute atomic E-state index is 0.137. The van der Waals surface area contributed by atoms with Gasteiger partial charge in [-0.1, -0.05) is 55.3 Å². The Labute approximate surface area is 192 Å². The van der Waals surface area contributed by atoms with E-state index in [1.165, 1.54) is 0 Å². The molecule has 0 radical (unpaired) electrons. The van der Waals surface area contributed by atoms with Crippen molar-refractivity contribution in [1.29, 1.82) is 0 Å². The Hall–Kier alpha value is -2.37. The van der Waals surface area contributed by atoms with Gasteiger partial charge in [-0.05, 0) is 63.0 Å². The highest BCUT2D eigenvalue weighted by Crippen LogP contribution is 2.43. The summed E-state index contributed by atoms with van der Waals surface area (Å²) in [6, 6.07) is 18.1. The quantitative estimate of drug-likeness (QED) is 0.504. The molecule has 5 heteroatoms. The Bertz CT molecular complexity index is 841. The van der Waals surface area contributed by atoms with E-state index < -0.39 is 5.60 Å². The first-order valence-corrected chi connectivity index (χ1v) is 11.8. The third-order valence-electron chi connectivity index (χ3n) is 6.38. The Morgan fingerprint density at radius 1 is 1.16 bits per heavy atom. The molecule has 2 unspecified atom stereocenters. The molecule has 1 aliphatic carbocycles. The summed E-state index contributed by atoms with van der Waals surface area (Å²) in [6.45, 7) is 4.38. The van der Waals surface area contributed by atoms with Crippen LogP contribution in [0.2, 0.25) is 0 Å². The molecule has 0 aliphatic heterocycles. The minimum atomic E-state index is -0.861. The second kappa shape index (κ2) is 12.0. The lowest BCUT2D eigenvalue weighted by atomic mass is 9.71. The number of hydrogen-bond donors (Lipinski definition) is 1. The molecular formula is C27H37NO4. The van der Waals surface area contributed by atoms with Gasteiger partial charge in [0.1, 0.15) is 12.4 Å². The van der Waals surface area contributed by atoms with E-state index in [-0.39, 0.29) is 11.9 Å². The van der Waals surface area contributed by atoms with Crippen molar-refractivity contribution in [2.75, 3.05) is 26.7 Å². The Morgan fingerprint density at radius 2 is 1.97 bits per heavy atom. The molecule has 0 spiro atoms. The number of esters is 1. The average molecular weight is 440 g/mol. The highest BCUT2D eigenvalue weighted by Gasteiger charge is 2.40. The zero-order valence-corrected chi connectivity index (χ0v) is 19.5. The standard InChI is InChI=1S/C27H37NO4/c1-3-31-26(29)16-10-18-28(2)20-24-13-7-8-17-27(24,30)23-14-9-15-25(19-23)32-21-22-11-5-4-6-12-22/h4-6,9,11-12,14-15,19,24,30H,3,7-8,10,13,16-18,20-21H2,1-2H3. The highest BCUT2D eigenvalue weighted by atomic mass is 16.5. The maximum Gasteiger partial charge on any atom is 0.305 e. The monoisotopic (exact) mass is 439 g/mol. The van der Waals surface area contributed by atoms with Crippen LogP contribution in [-0.4, -0.2) is 42.7 Å². The van der Waals surface area contributed by atoms with E-state index in [1.54, 1.807) is 0 Å². The fourth-order valence-electron chi connectivity index (χ4n) is 4.64. The molecule has 3 rings (SSSR count). The molecule has 2 aromatic carbocycles. The van der Waals surface area contributed by atoms with E-state index in [4.69, 9.17) is 9.47 Å². The molecular weight excluding hydrogens is 402 g/mol. The second-order valence-corrected chi connectivity index (χ2v) is 8.84. The number of rotatable bonds is 11. The van der Waals surface area contributed by atoms with Crippen molar-refractivity contribution in [2.24, 2.45) is 5.92 Å². The van der Waals surface area contributed by atoms with Gasteiger partial charge in [-0.25, -0.2) is 0 Å². The summed E-state index contributed by atoms with van der Waals surface area (Å²) in [7, 11) is 2.07. The molecule has 0 heterocycles. The lowest BCUT2D eigenvalue weighted by Gasteiger charge is -2.42. The number of nitrogens with zero attached hydrogens (tertiary/aromatic N) is 1. The Morgan fingerprint density at radius 3 is 2.75 bits per heavy atom. The van der Waals surface area contributed by atoms with Crippen LogP contribution >= 0.6 is 0 Å². The largest absolute Gasteiger partial charge is 0.489 e. The molecule has 2 aromatic rings. The van der Waals surface area contributed by atoms with E-state index in [0.717, 1.165) is 62.1 Å². The van der Waals surface area contributed by atoms with Gasteiger partial charge in [-0.3, -0.25) is 4.79 Å². The minimum Gasteiger partial charge on any atom is -0.489 e. The fourth-order valence-corrected chi connectivity index (χ4v) is 4.64. The third-order valence-corrected chi connectivity index (χ3v) is 6.38. The molecule has 1 fully saturated rings. The van der Waals surface area contributed by atoms with E-state index in [9.17, 15) is 9.90 Å². The summed E-state index contributed by atoms with van der Waals surface area (Å²) in [5.74, 6) is 0.794. The van der Waals surface area contributed by atoms with Gasteiger partial charge in [0.05, 0.1) is 12.2 Å². The Balaban J connectivity index is 1.62. The van der Waals surface area contributed by atoms with Crippen molar-refractivity contribution in [1.82, 2.24) is 4.90 Å². The van der Waals surface area contributed by atoms with Crippen LogP contribution in [0.4, 0.5) is 0 Å². The molecule has 1 N–H and O–H groups in total. The fraction of sp³-hybridized carbons (Fsp3) is 0.519. The van der Waals surface area contributed by atoms with Gasteiger partial charge < -0.3 is 19.5 Å². The SMILES string of the molecule is CCOC(=O)CCCN(C)CC1CCCCC1(O)c1cccc(OCc2ccccc2)c1. The summed E-state index contributed by atoms with van der Waals surface area (Å²) in [6.07, 6.45) is 5.12. The number of ether oxygens (including phenoxy) is 2. The van der Waals surface area contributed by atoms with Gasteiger partial charge in [0.2, 0.25) is 0 Å². The van der Waals surface area contributed by atoms with E-state index >= 15 is 0 Å². The lowest BCUT2D eigenvalue weighted by molar-refractivity contribution is -0.143. The first-order valence-electron chi connectivity index (χ1n) is 11.8. The molecule has 174 valence electrons. The van der Waals surface area contributed by atoms with Crippen LogP contribution in [0.25, 0.3) is 0 Å². The Kier molecular flexibility index (Phi) is 9.12. The number of benzene rings is 2. The van der Waals surface area contributed by atoms with E-state index in [0.29, 0.717) is 19.6 Å². The summed E-state index contributed by atoms with van der Waals surface area (Å²) in [4.78, 5) is 13.8. The smallest absolute Gasteiger partial charge is 0.305 e. The summed E-state index contributed by atoms with van der Waals surface area (Å²) in [5.41, 5.74) is 1.20. The van der Waals surface area contributed by atoms with Gasteiger partial charge >= 0.3 is 5.97 Å². The molecule has 0 bridgehead atoms. The topological polar surface area (TPSA) is 59.0 Å². The van der Waals surface area contributed by atoms with Crippen molar-refractivity contribution in [3.63, 3.8) is 0 Å². The van der Waals surface area contributed by atoms with Crippen molar-refractivity contribution in [3.8, 4) is 5.75 Å². The summed E-state index contributed by atoms with van der Waals surface area (Å²) >= 11 is 0. The van der Waals surface area contributed by atoms with Crippen LogP contribution in [-0.2, 0) is 21.7 Å². The van der Waals surface area contributed by atoms with Crippen molar-refractivity contribution >= 4 is 5.97 Å². The molecule has 0 aromatic heterocycles. The van der Waals surface area contributed by atoms with Crippen LogP contribution < -0.4 is 4.74 Å². The van der Waals surface area contributed by atoms with Crippen molar-refractivity contribution in [2.45, 2.75) is 57.7 Å². The van der Waals surface area contributed by atoms with Gasteiger partial charge in [0.25, 0.3) is 0 Å². The zero-order valence-electron chi connectivity index (χ0n) is 19.5. The molecule has 0 saturated heterocycles. The van der Waals surface area contributed by atoms with Gasteiger partial charge in [-0.2, -0.15) is 0 Å². The predicted molar refractivity (Wildman–Crippen MR) is 126 cm³/mol. The van der Waals surface area contributed by atoms with Crippen LogP contribution in [0, 0.1) is 5.92 Å². The number of carbonyl (C=O) groups is 1. The number of carbonyl (C=O) groups excluding carboxylic acids is 1. The molecule has 5 nitrogen and oxygen atoms in total. The van der Waals surface area contributed by atoms with Crippen molar-refractivity contribution in [3.05, 3.63) is 65.7 Å². The molecule has 2 atom stereocenters. The highest BCUT2D eigenvalue weighted by molar-refractivity contribution is 5.69. The van der Waals surface area contributed by atoms with Gasteiger partial charge in [0.15, 0.2) is 0 Å². The number of hydrogen-bond acceptors (Lipinski definition) is 5. The van der Waals surface area contributed by atoms with Crippen LogP contribution in [0.5, 0.6) is 5.75 Å². The normalized spacial score (nSPS) is 20.8. The molecule has 1 saturated carbocycles. The molecule has 0 amide bonds. The number of aliphatic hydroxyl groups is 1. The first-order chi connectivity index (χ1) is 15.5. The summed E-state index contributed by atoms with van der Waals surface area (Å²) in [5, 5.41) is 11.8. The van der Waals surface area contributed by atoms with Crippen molar-refractivity contribution < 1.29 is 19.4 Å². The molecule has 1 aliphatic rings. The van der Waals surface area contributed by atoms with Gasteiger partial charge in [-0.15, -0.1) is 0 Å². The predicted octanol–water partition coefficient (Wildman–Crippen LogP) is 4.92. The van der Waals surface area contributed by atoms with Crippen LogP contribution in [0.1, 0.15) is 56.6 Å². The lowest BCUT2D eigenvalue weighted by Crippen LogP contribution is -2.44. The van der Waals surface area contributed by atoms with Crippen LogP contribution in [0.15, 0.2) is 54.6 Å². The maximum atomic E-state index is 11.8.